The molecule has 0 fully saturated rings. The summed E-state index contributed by atoms with van der Waals surface area (Å²) >= 11 is 0. The lowest BCUT2D eigenvalue weighted by Crippen LogP contribution is -2.39. The molecule has 0 bridgehead atoms. The second kappa shape index (κ2) is 3.69. The maximum atomic E-state index is 12.3. The zero-order valence-electron chi connectivity index (χ0n) is 10.00. The molecule has 2 aromatic rings. The molecule has 0 aliphatic carbocycles. The topological polar surface area (TPSA) is 81.2 Å². The molecule has 0 radical (unpaired) electrons. The molecule has 0 atom stereocenters. The standard InChI is InChI=1S/C11H14N4O2S/c1-2-14-5-6-15-10-7-8(12)3-4-9(10)13-11(15)18(14,16)17/h3-4,7H,2,5-6,12H2,1H3. The number of benzene rings is 1. The van der Waals surface area contributed by atoms with Crippen LogP contribution in [0.3, 0.4) is 0 Å². The van der Waals surface area contributed by atoms with Crippen molar-refractivity contribution in [2.75, 3.05) is 18.8 Å². The van der Waals surface area contributed by atoms with Crippen molar-refractivity contribution < 1.29 is 8.42 Å². The molecule has 3 rings (SSSR count). The largest absolute Gasteiger partial charge is 0.399 e. The zero-order valence-corrected chi connectivity index (χ0v) is 10.8. The lowest BCUT2D eigenvalue weighted by atomic mass is 10.3. The van der Waals surface area contributed by atoms with Gasteiger partial charge in [-0.05, 0) is 18.2 Å². The van der Waals surface area contributed by atoms with Crippen LogP contribution in [0.2, 0.25) is 0 Å². The summed E-state index contributed by atoms with van der Waals surface area (Å²) in [4.78, 5) is 4.22. The molecular formula is C11H14N4O2S. The third kappa shape index (κ3) is 1.44. The summed E-state index contributed by atoms with van der Waals surface area (Å²) in [6, 6.07) is 5.25. The number of aromatic nitrogens is 2. The Balaban J connectivity index is 2.31. The average Bonchev–Trinajstić information content (AvgIpc) is 2.69. The van der Waals surface area contributed by atoms with Crippen LogP contribution >= 0.6 is 0 Å². The number of nitrogen functional groups attached to an aromatic ring is 1. The van der Waals surface area contributed by atoms with Gasteiger partial charge in [0.15, 0.2) is 0 Å². The summed E-state index contributed by atoms with van der Waals surface area (Å²) in [6.45, 7) is 3.38. The van der Waals surface area contributed by atoms with Crippen LogP contribution in [0.4, 0.5) is 5.69 Å². The van der Waals surface area contributed by atoms with Crippen LogP contribution in [0.5, 0.6) is 0 Å². The molecule has 7 heteroatoms. The van der Waals surface area contributed by atoms with Gasteiger partial charge in [-0.1, -0.05) is 6.92 Å². The van der Waals surface area contributed by atoms with E-state index in [4.69, 9.17) is 5.73 Å². The van der Waals surface area contributed by atoms with Crippen molar-refractivity contribution in [2.45, 2.75) is 18.6 Å². The number of nitrogens with zero attached hydrogens (tertiary/aromatic N) is 3. The Hall–Kier alpha value is -1.60. The first-order valence-electron chi connectivity index (χ1n) is 5.80. The third-order valence-electron chi connectivity index (χ3n) is 3.23. The number of imidazole rings is 1. The average molecular weight is 266 g/mol. The Morgan fingerprint density at radius 2 is 2.17 bits per heavy atom. The summed E-state index contributed by atoms with van der Waals surface area (Å²) < 4.78 is 27.8. The number of sulfonamides is 1. The highest BCUT2D eigenvalue weighted by Crippen LogP contribution is 2.26. The van der Waals surface area contributed by atoms with Gasteiger partial charge in [-0.3, -0.25) is 0 Å². The van der Waals surface area contributed by atoms with Crippen molar-refractivity contribution in [3.8, 4) is 0 Å². The lowest BCUT2D eigenvalue weighted by Gasteiger charge is -2.25. The van der Waals surface area contributed by atoms with Crippen LogP contribution in [-0.2, 0) is 16.6 Å². The Kier molecular flexibility index (Phi) is 2.36. The predicted octanol–water partition coefficient (Wildman–Crippen LogP) is 0.643. The first-order chi connectivity index (χ1) is 8.54. The van der Waals surface area contributed by atoms with Crippen molar-refractivity contribution in [2.24, 2.45) is 0 Å². The van der Waals surface area contributed by atoms with Crippen LogP contribution in [0, 0.1) is 0 Å². The van der Waals surface area contributed by atoms with E-state index >= 15 is 0 Å². The van der Waals surface area contributed by atoms with E-state index in [0.717, 1.165) is 5.52 Å². The molecule has 1 aromatic heterocycles. The van der Waals surface area contributed by atoms with Gasteiger partial charge >= 0.3 is 0 Å². The van der Waals surface area contributed by atoms with Crippen molar-refractivity contribution in [3.63, 3.8) is 0 Å². The fourth-order valence-corrected chi connectivity index (χ4v) is 3.88. The smallest absolute Gasteiger partial charge is 0.277 e. The van der Waals surface area contributed by atoms with E-state index in [1.807, 2.05) is 6.92 Å². The van der Waals surface area contributed by atoms with Gasteiger partial charge in [-0.25, -0.2) is 13.4 Å². The van der Waals surface area contributed by atoms with E-state index in [2.05, 4.69) is 4.98 Å². The van der Waals surface area contributed by atoms with Gasteiger partial charge in [0.1, 0.15) is 0 Å². The molecule has 0 unspecified atom stereocenters. The van der Waals surface area contributed by atoms with Gasteiger partial charge in [0, 0.05) is 25.3 Å². The molecule has 1 aliphatic rings. The zero-order chi connectivity index (χ0) is 12.9. The number of hydrogen-bond donors (Lipinski definition) is 1. The van der Waals surface area contributed by atoms with Gasteiger partial charge in [-0.2, -0.15) is 4.31 Å². The molecule has 96 valence electrons. The Bertz CT molecular complexity index is 720. The molecule has 6 nitrogen and oxygen atoms in total. The minimum atomic E-state index is -3.46. The molecule has 1 aliphatic heterocycles. The fraction of sp³-hybridized carbons (Fsp3) is 0.364. The van der Waals surface area contributed by atoms with Crippen LogP contribution in [0.15, 0.2) is 23.4 Å². The summed E-state index contributed by atoms with van der Waals surface area (Å²) in [5, 5.41) is 0.121. The van der Waals surface area contributed by atoms with E-state index in [1.165, 1.54) is 4.31 Å². The van der Waals surface area contributed by atoms with E-state index in [9.17, 15) is 8.42 Å². The highest BCUT2D eigenvalue weighted by atomic mass is 32.2. The van der Waals surface area contributed by atoms with Gasteiger partial charge < -0.3 is 10.3 Å². The molecule has 2 N–H and O–H groups in total. The maximum Gasteiger partial charge on any atom is 0.277 e. The number of likely N-dealkylation sites (N-methyl/N-ethyl adjacent to an activating group) is 1. The van der Waals surface area contributed by atoms with E-state index in [-0.39, 0.29) is 5.16 Å². The Morgan fingerprint density at radius 3 is 2.89 bits per heavy atom. The molecular weight excluding hydrogens is 252 g/mol. The molecule has 18 heavy (non-hydrogen) atoms. The highest BCUT2D eigenvalue weighted by Gasteiger charge is 2.33. The second-order valence-corrected chi connectivity index (χ2v) is 6.12. The summed E-state index contributed by atoms with van der Waals surface area (Å²) in [5.74, 6) is 0. The van der Waals surface area contributed by atoms with Crippen LogP contribution in [0.1, 0.15) is 6.92 Å². The van der Waals surface area contributed by atoms with E-state index in [1.54, 1.807) is 22.8 Å². The SMILES string of the molecule is CCN1CCn2c(nc3ccc(N)cc32)S1(=O)=O. The van der Waals surface area contributed by atoms with E-state index < -0.39 is 10.0 Å². The van der Waals surface area contributed by atoms with Crippen LogP contribution < -0.4 is 5.73 Å². The quantitative estimate of drug-likeness (QED) is 0.768. The normalized spacial score (nSPS) is 18.9. The fourth-order valence-electron chi connectivity index (χ4n) is 2.31. The van der Waals surface area contributed by atoms with Crippen LogP contribution in [-0.4, -0.2) is 35.4 Å². The number of rotatable bonds is 1. The monoisotopic (exact) mass is 266 g/mol. The van der Waals surface area contributed by atoms with Gasteiger partial charge in [0.2, 0.25) is 5.16 Å². The highest BCUT2D eigenvalue weighted by molar-refractivity contribution is 7.89. The van der Waals surface area contributed by atoms with Crippen molar-refractivity contribution >= 4 is 26.7 Å². The number of anilines is 1. The van der Waals surface area contributed by atoms with Gasteiger partial charge in [0.25, 0.3) is 10.0 Å². The van der Waals surface area contributed by atoms with Gasteiger partial charge in [-0.15, -0.1) is 0 Å². The first kappa shape index (κ1) is 11.5. The Labute approximate surface area is 105 Å². The minimum absolute atomic E-state index is 0.121. The Morgan fingerprint density at radius 1 is 1.39 bits per heavy atom. The van der Waals surface area contributed by atoms with Crippen molar-refractivity contribution in [1.29, 1.82) is 0 Å². The molecule has 0 saturated heterocycles. The summed E-state index contributed by atoms with van der Waals surface area (Å²) in [7, 11) is -3.46. The third-order valence-corrected chi connectivity index (χ3v) is 5.13. The van der Waals surface area contributed by atoms with Crippen LogP contribution in [0.25, 0.3) is 11.0 Å². The number of nitrogens with two attached hydrogens (primary N) is 1. The lowest BCUT2D eigenvalue weighted by molar-refractivity contribution is 0.369. The number of fused-ring (bicyclic) bond motifs is 3. The van der Waals surface area contributed by atoms with E-state index in [0.29, 0.717) is 30.8 Å². The summed E-state index contributed by atoms with van der Waals surface area (Å²) in [6.07, 6.45) is 0. The second-order valence-electron chi connectivity index (χ2n) is 4.29. The number of hydrogen-bond acceptors (Lipinski definition) is 4. The van der Waals surface area contributed by atoms with Crippen molar-refractivity contribution in [1.82, 2.24) is 13.9 Å². The molecule has 0 saturated carbocycles. The minimum Gasteiger partial charge on any atom is -0.399 e. The molecule has 1 aromatic carbocycles. The summed E-state index contributed by atoms with van der Waals surface area (Å²) in [5.41, 5.74) is 7.80. The van der Waals surface area contributed by atoms with Gasteiger partial charge in [0.05, 0.1) is 11.0 Å². The molecule has 2 heterocycles. The maximum absolute atomic E-state index is 12.3. The predicted molar refractivity (Wildman–Crippen MR) is 68.6 cm³/mol. The van der Waals surface area contributed by atoms with Crippen molar-refractivity contribution in [3.05, 3.63) is 18.2 Å². The first-order valence-corrected chi connectivity index (χ1v) is 7.24. The molecule has 0 spiro atoms. The molecule has 0 amide bonds.